The maximum atomic E-state index is 14.5. The predicted molar refractivity (Wildman–Crippen MR) is 181 cm³/mol. The lowest BCUT2D eigenvalue weighted by molar-refractivity contribution is -0.127. The summed E-state index contributed by atoms with van der Waals surface area (Å²) in [6, 6.07) is 14.7. The van der Waals surface area contributed by atoms with Gasteiger partial charge in [0.1, 0.15) is 11.3 Å². The summed E-state index contributed by atoms with van der Waals surface area (Å²) < 4.78 is 19.6. The highest BCUT2D eigenvalue weighted by atomic mass is 32.2. The van der Waals surface area contributed by atoms with Gasteiger partial charge in [0, 0.05) is 57.8 Å². The van der Waals surface area contributed by atoms with E-state index in [0.29, 0.717) is 46.9 Å². The zero-order valence-corrected chi connectivity index (χ0v) is 28.2. The summed E-state index contributed by atoms with van der Waals surface area (Å²) in [6.07, 6.45) is 2.60. The van der Waals surface area contributed by atoms with Gasteiger partial charge in [-0.05, 0) is 69.7 Å². The van der Waals surface area contributed by atoms with Gasteiger partial charge >= 0.3 is 6.09 Å². The van der Waals surface area contributed by atoms with Crippen LogP contribution in [0, 0.1) is 6.92 Å². The Labute approximate surface area is 270 Å². The van der Waals surface area contributed by atoms with Crippen LogP contribution in [0.5, 0.6) is 0 Å². The van der Waals surface area contributed by atoms with Crippen molar-refractivity contribution in [1.29, 1.82) is 0 Å². The number of ether oxygens (including phenoxy) is 1. The lowest BCUT2D eigenvalue weighted by Gasteiger charge is -2.39. The van der Waals surface area contributed by atoms with E-state index in [4.69, 9.17) is 4.74 Å². The average Bonchev–Trinajstić information content (AvgIpc) is 2.99. The van der Waals surface area contributed by atoms with Crippen LogP contribution < -0.4 is 20.3 Å². The fourth-order valence-corrected chi connectivity index (χ4v) is 5.74. The number of carbonyl (C=O) groups is 2. The van der Waals surface area contributed by atoms with Gasteiger partial charge < -0.3 is 19.4 Å². The smallest absolute Gasteiger partial charge is 0.414 e. The highest BCUT2D eigenvalue weighted by Crippen LogP contribution is 2.40. The Kier molecular flexibility index (Phi) is 8.89. The highest BCUT2D eigenvalue weighted by Gasteiger charge is 2.33. The number of anilines is 4. The minimum atomic E-state index is -1.47. The van der Waals surface area contributed by atoms with E-state index >= 15 is 0 Å². The topological polar surface area (TPSA) is 121 Å². The van der Waals surface area contributed by atoms with Crippen LogP contribution in [-0.4, -0.2) is 88.3 Å². The van der Waals surface area contributed by atoms with Crippen LogP contribution in [0.4, 0.5) is 27.5 Å². The molecule has 1 atom stereocenters. The molecule has 3 heterocycles. The minimum absolute atomic E-state index is 0.0411. The molecule has 1 aliphatic rings. The van der Waals surface area contributed by atoms with Crippen molar-refractivity contribution in [1.82, 2.24) is 19.4 Å². The molecule has 1 unspecified atom stereocenters. The Morgan fingerprint density at radius 2 is 1.72 bits per heavy atom. The van der Waals surface area contributed by atoms with Gasteiger partial charge in [0.2, 0.25) is 11.1 Å². The summed E-state index contributed by atoms with van der Waals surface area (Å²) >= 11 is 0. The molecule has 5 rings (SSSR count). The molecule has 2 amide bonds. The first-order valence-electron chi connectivity index (χ1n) is 14.8. The van der Waals surface area contributed by atoms with Gasteiger partial charge in [-0.1, -0.05) is 12.1 Å². The molecule has 0 saturated heterocycles. The molecular formula is C33H39N7O5S. The summed E-state index contributed by atoms with van der Waals surface area (Å²) in [6.45, 7) is 8.22. The molecule has 0 aliphatic carbocycles. The SMILES string of the molecule is Cc1cccc2c1N(C(=O)OC(C)(C)C)CCN2c1cc2cnc(S(C)=O)nc2n(-c2ccc(N(C)CC(=O)N(C)C)cc2)c1=O. The normalized spacial score (nSPS) is 13.7. The number of likely N-dealkylation sites (N-methyl/N-ethyl adjacent to an activating group) is 2. The van der Waals surface area contributed by atoms with Crippen molar-refractivity contribution in [3.05, 3.63) is 70.6 Å². The van der Waals surface area contributed by atoms with E-state index < -0.39 is 22.5 Å². The Balaban J connectivity index is 1.65. The number of benzene rings is 2. The second-order valence-corrected chi connectivity index (χ2v) is 13.7. The maximum absolute atomic E-state index is 14.5. The third-order valence-corrected chi connectivity index (χ3v) is 8.32. The summed E-state index contributed by atoms with van der Waals surface area (Å²) in [5.74, 6) is -0.0411. The van der Waals surface area contributed by atoms with Crippen LogP contribution in [0.2, 0.25) is 0 Å². The molecule has 0 bridgehead atoms. The van der Waals surface area contributed by atoms with Crippen molar-refractivity contribution >= 4 is 56.6 Å². The van der Waals surface area contributed by atoms with Gasteiger partial charge in [0.25, 0.3) is 5.56 Å². The lowest BCUT2D eigenvalue weighted by atomic mass is 10.1. The molecule has 0 spiro atoms. The molecular weight excluding hydrogens is 606 g/mol. The summed E-state index contributed by atoms with van der Waals surface area (Å²) in [5, 5.41) is 0.684. The monoisotopic (exact) mass is 645 g/mol. The van der Waals surface area contributed by atoms with Gasteiger partial charge in [0.15, 0.2) is 5.65 Å². The van der Waals surface area contributed by atoms with Crippen molar-refractivity contribution in [2.45, 2.75) is 38.5 Å². The molecule has 0 fully saturated rings. The van der Waals surface area contributed by atoms with E-state index in [1.807, 2.05) is 74.9 Å². The summed E-state index contributed by atoms with van der Waals surface area (Å²) in [5.41, 5.74) is 3.22. The third kappa shape index (κ3) is 6.45. The van der Waals surface area contributed by atoms with Crippen LogP contribution in [0.15, 0.2) is 64.7 Å². The molecule has 0 N–H and O–H groups in total. The Morgan fingerprint density at radius 1 is 1.02 bits per heavy atom. The zero-order valence-electron chi connectivity index (χ0n) is 27.4. The predicted octanol–water partition coefficient (Wildman–Crippen LogP) is 4.24. The van der Waals surface area contributed by atoms with Crippen LogP contribution in [-0.2, 0) is 20.3 Å². The quantitative estimate of drug-likeness (QED) is 0.284. The molecule has 1 aliphatic heterocycles. The molecule has 242 valence electrons. The molecule has 2 aromatic carbocycles. The third-order valence-electron chi connectivity index (χ3n) is 7.61. The minimum Gasteiger partial charge on any atom is -0.443 e. The maximum Gasteiger partial charge on any atom is 0.414 e. The highest BCUT2D eigenvalue weighted by molar-refractivity contribution is 7.84. The fourth-order valence-electron chi connectivity index (χ4n) is 5.32. The van der Waals surface area contributed by atoms with Crippen LogP contribution in [0.1, 0.15) is 26.3 Å². The van der Waals surface area contributed by atoms with E-state index in [0.717, 1.165) is 11.3 Å². The van der Waals surface area contributed by atoms with Crippen LogP contribution in [0.25, 0.3) is 16.7 Å². The van der Waals surface area contributed by atoms with Gasteiger partial charge in [-0.15, -0.1) is 0 Å². The van der Waals surface area contributed by atoms with Crippen molar-refractivity contribution in [3.8, 4) is 5.69 Å². The van der Waals surface area contributed by atoms with Gasteiger partial charge in [-0.25, -0.2) is 14.8 Å². The van der Waals surface area contributed by atoms with Crippen molar-refractivity contribution in [2.75, 3.05) is 61.7 Å². The number of pyridine rings is 1. The van der Waals surface area contributed by atoms with Gasteiger partial charge in [-0.3, -0.25) is 23.3 Å². The molecule has 13 heteroatoms. The van der Waals surface area contributed by atoms with E-state index in [9.17, 15) is 18.6 Å². The van der Waals surface area contributed by atoms with Gasteiger partial charge in [0.05, 0.1) is 34.4 Å². The number of hydrogen-bond donors (Lipinski definition) is 0. The van der Waals surface area contributed by atoms with E-state index in [1.165, 1.54) is 15.7 Å². The first-order valence-corrected chi connectivity index (χ1v) is 16.4. The molecule has 46 heavy (non-hydrogen) atoms. The molecule has 2 aromatic heterocycles. The Hall–Kier alpha value is -4.78. The Morgan fingerprint density at radius 3 is 2.35 bits per heavy atom. The van der Waals surface area contributed by atoms with Crippen molar-refractivity contribution in [3.63, 3.8) is 0 Å². The number of amides is 2. The number of aryl methyl sites for hydroxylation is 1. The number of aromatic nitrogens is 3. The van der Waals surface area contributed by atoms with Gasteiger partial charge in [-0.2, -0.15) is 0 Å². The van der Waals surface area contributed by atoms with E-state index in [-0.39, 0.29) is 23.2 Å². The molecule has 4 aromatic rings. The summed E-state index contributed by atoms with van der Waals surface area (Å²) in [4.78, 5) is 55.8. The molecule has 12 nitrogen and oxygen atoms in total. The molecule has 0 radical (unpaired) electrons. The standard InChI is InChI=1S/C33H39N7O5S/c1-21-10-9-11-25-28(21)39(32(43)45-33(2,3)4)17-16-38(25)26-18-22-19-34-31(46(8)44)35-29(22)40(30(26)42)24-14-12-23(13-15-24)37(7)20-27(41)36(5)6/h9-15,18-19H,16-17,20H2,1-8H3. The number of rotatable bonds is 6. The van der Waals surface area contributed by atoms with Crippen molar-refractivity contribution < 1.29 is 18.5 Å². The second-order valence-electron chi connectivity index (χ2n) is 12.4. The number of nitrogens with zero attached hydrogens (tertiary/aromatic N) is 7. The largest absolute Gasteiger partial charge is 0.443 e. The number of para-hydroxylation sites is 1. The van der Waals surface area contributed by atoms with E-state index in [1.54, 1.807) is 43.4 Å². The van der Waals surface area contributed by atoms with Crippen molar-refractivity contribution in [2.24, 2.45) is 0 Å². The Bertz CT molecular complexity index is 1900. The lowest BCUT2D eigenvalue weighted by Crippen LogP contribution is -2.46. The van der Waals surface area contributed by atoms with E-state index in [2.05, 4.69) is 9.97 Å². The zero-order chi connectivity index (χ0) is 33.5. The number of fused-ring (bicyclic) bond motifs is 2. The number of hydrogen-bond acceptors (Lipinski definition) is 9. The molecule has 0 saturated carbocycles. The first-order chi connectivity index (χ1) is 21.7. The average molecular weight is 646 g/mol. The fraction of sp³-hybridized carbons (Fsp3) is 0.364. The summed E-state index contributed by atoms with van der Waals surface area (Å²) in [7, 11) is 3.77. The first kappa shape index (κ1) is 32.6. The van der Waals surface area contributed by atoms with Crippen LogP contribution in [0.3, 0.4) is 0 Å². The van der Waals surface area contributed by atoms with Crippen LogP contribution >= 0.6 is 0 Å². The second kappa shape index (κ2) is 12.5. The number of carbonyl (C=O) groups excluding carboxylic acids is 2.